The Morgan fingerprint density at radius 3 is 3.09 bits per heavy atom. The second-order valence-corrected chi connectivity index (χ2v) is 7.13. The van der Waals surface area contributed by atoms with E-state index in [0.717, 1.165) is 24.6 Å². The van der Waals surface area contributed by atoms with Gasteiger partial charge in [-0.3, -0.25) is 9.69 Å². The van der Waals surface area contributed by atoms with Crippen molar-refractivity contribution in [1.29, 1.82) is 0 Å². The number of carbonyl (C=O) groups is 1. The number of nitrogens with one attached hydrogen (secondary N) is 1. The van der Waals surface area contributed by atoms with E-state index < -0.39 is 0 Å². The highest BCUT2D eigenvalue weighted by molar-refractivity contribution is 8.15. The summed E-state index contributed by atoms with van der Waals surface area (Å²) in [5, 5.41) is 11.5. The Morgan fingerprint density at radius 1 is 1.43 bits per heavy atom. The summed E-state index contributed by atoms with van der Waals surface area (Å²) in [7, 11) is 0. The first-order valence-corrected chi connectivity index (χ1v) is 9.03. The predicted octanol–water partition coefficient (Wildman–Crippen LogP) is 2.47. The molecular weight excluding hydrogens is 308 g/mol. The van der Waals surface area contributed by atoms with Gasteiger partial charge in [-0.05, 0) is 36.4 Å². The standard InChI is InChI=1S/C17H22N4OS/c1-13-5-4-8-21(10-13)11-15-7-3-2-6-14(15)9-18-20-17-19-16(22)12-23-17/h2-3,6-7,9,13H,4-5,8,10-12H2,1H3,(H,19,20,22). The summed E-state index contributed by atoms with van der Waals surface area (Å²) in [6.45, 7) is 5.61. The largest absolute Gasteiger partial charge is 0.303 e. The smallest absolute Gasteiger partial charge is 0.236 e. The summed E-state index contributed by atoms with van der Waals surface area (Å²) in [5.74, 6) is 1.19. The minimum absolute atomic E-state index is 0.0106. The zero-order valence-electron chi connectivity index (χ0n) is 13.4. The van der Waals surface area contributed by atoms with Crippen LogP contribution in [0.1, 0.15) is 30.9 Å². The first kappa shape index (κ1) is 16.2. The molecule has 2 fully saturated rings. The molecule has 0 aromatic heterocycles. The first-order valence-electron chi connectivity index (χ1n) is 8.04. The maximum atomic E-state index is 11.1. The van der Waals surface area contributed by atoms with Gasteiger partial charge < -0.3 is 5.32 Å². The fourth-order valence-corrected chi connectivity index (χ4v) is 3.63. The van der Waals surface area contributed by atoms with Gasteiger partial charge in [0, 0.05) is 13.1 Å². The number of piperidine rings is 1. The summed E-state index contributed by atoms with van der Waals surface area (Å²) < 4.78 is 0. The predicted molar refractivity (Wildman–Crippen MR) is 95.7 cm³/mol. The number of likely N-dealkylation sites (tertiary alicyclic amines) is 1. The van der Waals surface area contributed by atoms with E-state index in [1.165, 1.54) is 36.7 Å². The van der Waals surface area contributed by atoms with Crippen molar-refractivity contribution in [1.82, 2.24) is 10.2 Å². The van der Waals surface area contributed by atoms with Crippen LogP contribution in [0.2, 0.25) is 0 Å². The highest BCUT2D eigenvalue weighted by Crippen LogP contribution is 2.19. The topological polar surface area (TPSA) is 57.1 Å². The molecule has 1 amide bonds. The Balaban J connectivity index is 1.66. The number of hydrogen-bond acceptors (Lipinski definition) is 5. The van der Waals surface area contributed by atoms with Crippen LogP contribution in [0.4, 0.5) is 0 Å². The molecule has 0 spiro atoms. The van der Waals surface area contributed by atoms with Crippen molar-refractivity contribution in [2.75, 3.05) is 18.8 Å². The monoisotopic (exact) mass is 330 g/mol. The quantitative estimate of drug-likeness (QED) is 0.681. The number of hydrogen-bond donors (Lipinski definition) is 1. The Kier molecular flexibility index (Phi) is 5.46. The van der Waals surface area contributed by atoms with Gasteiger partial charge >= 0.3 is 0 Å². The SMILES string of the molecule is CC1CCCN(Cc2ccccc2C=NN=C2NC(=O)CS2)C1. The van der Waals surface area contributed by atoms with E-state index in [2.05, 4.69) is 45.5 Å². The lowest BCUT2D eigenvalue weighted by atomic mass is 9.99. The second kappa shape index (κ2) is 7.75. The highest BCUT2D eigenvalue weighted by atomic mass is 32.2. The lowest BCUT2D eigenvalue weighted by Crippen LogP contribution is -2.33. The molecule has 0 saturated carbocycles. The van der Waals surface area contributed by atoms with Gasteiger partial charge in [-0.1, -0.05) is 43.0 Å². The number of rotatable bonds is 4. The minimum atomic E-state index is -0.0106. The maximum absolute atomic E-state index is 11.1. The van der Waals surface area contributed by atoms with Crippen LogP contribution in [-0.4, -0.2) is 41.0 Å². The molecule has 1 unspecified atom stereocenters. The fraction of sp³-hybridized carbons (Fsp3) is 0.471. The van der Waals surface area contributed by atoms with Crippen LogP contribution in [-0.2, 0) is 11.3 Å². The summed E-state index contributed by atoms with van der Waals surface area (Å²) in [4.78, 5) is 13.6. The Morgan fingerprint density at radius 2 is 2.30 bits per heavy atom. The maximum Gasteiger partial charge on any atom is 0.236 e. The Labute approximate surface area is 141 Å². The van der Waals surface area contributed by atoms with Gasteiger partial charge in [-0.25, -0.2) is 0 Å². The van der Waals surface area contributed by atoms with Gasteiger partial charge in [-0.2, -0.15) is 5.10 Å². The molecule has 2 heterocycles. The van der Waals surface area contributed by atoms with Gasteiger partial charge in [0.25, 0.3) is 0 Å². The second-order valence-electron chi connectivity index (χ2n) is 6.17. The number of amidine groups is 1. The molecule has 1 N–H and O–H groups in total. The van der Waals surface area contributed by atoms with Crippen LogP contribution in [0.5, 0.6) is 0 Å². The fourth-order valence-electron chi connectivity index (χ4n) is 3.00. The molecule has 2 saturated heterocycles. The van der Waals surface area contributed by atoms with Crippen LogP contribution in [0.3, 0.4) is 0 Å². The van der Waals surface area contributed by atoms with E-state index in [-0.39, 0.29) is 5.91 Å². The molecular formula is C17H22N4OS. The van der Waals surface area contributed by atoms with E-state index in [4.69, 9.17) is 0 Å². The molecule has 0 radical (unpaired) electrons. The Hall–Kier alpha value is -1.66. The van der Waals surface area contributed by atoms with E-state index in [1.807, 2.05) is 6.07 Å². The van der Waals surface area contributed by atoms with Crippen LogP contribution >= 0.6 is 11.8 Å². The normalized spacial score (nSPS) is 24.5. The third kappa shape index (κ3) is 4.65. The van der Waals surface area contributed by atoms with E-state index >= 15 is 0 Å². The van der Waals surface area contributed by atoms with Crippen LogP contribution in [0.15, 0.2) is 34.5 Å². The van der Waals surface area contributed by atoms with Crippen LogP contribution in [0.25, 0.3) is 0 Å². The number of carbonyl (C=O) groups excluding carboxylic acids is 1. The van der Waals surface area contributed by atoms with E-state index in [1.54, 1.807) is 6.21 Å². The summed E-state index contributed by atoms with van der Waals surface area (Å²) in [6.07, 6.45) is 4.39. The average Bonchev–Trinajstić information content (AvgIpc) is 2.94. The Bertz CT molecular complexity index is 629. The molecule has 122 valence electrons. The van der Waals surface area contributed by atoms with Crippen molar-refractivity contribution in [2.24, 2.45) is 16.1 Å². The number of thioether (sulfide) groups is 1. The van der Waals surface area contributed by atoms with Crippen molar-refractivity contribution < 1.29 is 4.79 Å². The van der Waals surface area contributed by atoms with Crippen LogP contribution in [0, 0.1) is 5.92 Å². The lowest BCUT2D eigenvalue weighted by molar-refractivity contribution is -0.116. The number of nitrogens with zero attached hydrogens (tertiary/aromatic N) is 3. The molecule has 0 bridgehead atoms. The zero-order valence-corrected chi connectivity index (χ0v) is 14.2. The van der Waals surface area contributed by atoms with Gasteiger partial charge in [0.15, 0.2) is 5.17 Å². The van der Waals surface area contributed by atoms with Gasteiger partial charge in [-0.15, -0.1) is 5.10 Å². The number of amides is 1. The summed E-state index contributed by atoms with van der Waals surface area (Å²) >= 11 is 1.39. The van der Waals surface area contributed by atoms with Crippen molar-refractivity contribution in [3.63, 3.8) is 0 Å². The molecule has 1 aromatic rings. The van der Waals surface area contributed by atoms with Crippen molar-refractivity contribution in [3.8, 4) is 0 Å². The average molecular weight is 330 g/mol. The highest BCUT2D eigenvalue weighted by Gasteiger charge is 2.17. The van der Waals surface area contributed by atoms with Crippen molar-refractivity contribution >= 4 is 29.1 Å². The third-order valence-electron chi connectivity index (χ3n) is 4.12. The van der Waals surface area contributed by atoms with Gasteiger partial charge in [0.1, 0.15) is 0 Å². The van der Waals surface area contributed by atoms with Crippen molar-refractivity contribution in [2.45, 2.75) is 26.3 Å². The molecule has 6 heteroatoms. The van der Waals surface area contributed by atoms with Gasteiger partial charge in [0.2, 0.25) is 5.91 Å². The minimum Gasteiger partial charge on any atom is -0.303 e. The molecule has 3 rings (SSSR count). The number of benzene rings is 1. The third-order valence-corrected chi connectivity index (χ3v) is 4.99. The van der Waals surface area contributed by atoms with Gasteiger partial charge in [0.05, 0.1) is 12.0 Å². The lowest BCUT2D eigenvalue weighted by Gasteiger charge is -2.31. The molecule has 5 nitrogen and oxygen atoms in total. The van der Waals surface area contributed by atoms with E-state index in [0.29, 0.717) is 10.9 Å². The molecule has 2 aliphatic heterocycles. The zero-order chi connectivity index (χ0) is 16.1. The van der Waals surface area contributed by atoms with Crippen LogP contribution < -0.4 is 5.32 Å². The molecule has 2 aliphatic rings. The molecule has 1 aromatic carbocycles. The summed E-state index contributed by atoms with van der Waals surface area (Å²) in [5.41, 5.74) is 2.36. The summed E-state index contributed by atoms with van der Waals surface area (Å²) in [6, 6.07) is 8.30. The van der Waals surface area contributed by atoms with Crippen molar-refractivity contribution in [3.05, 3.63) is 35.4 Å². The molecule has 23 heavy (non-hydrogen) atoms. The van der Waals surface area contributed by atoms with E-state index in [9.17, 15) is 4.79 Å². The first-order chi connectivity index (χ1) is 11.2. The molecule has 0 aliphatic carbocycles. The molecule has 1 atom stereocenters.